The lowest BCUT2D eigenvalue weighted by Gasteiger charge is -2.19. The normalized spacial score (nSPS) is 11.2. The highest BCUT2D eigenvalue weighted by atomic mass is 16.5. The summed E-state index contributed by atoms with van der Waals surface area (Å²) in [7, 11) is 3.51. The highest BCUT2D eigenvalue weighted by Gasteiger charge is 2.08. The van der Waals surface area contributed by atoms with Gasteiger partial charge in [0.2, 0.25) is 0 Å². The molecule has 0 radical (unpaired) electrons. The van der Waals surface area contributed by atoms with E-state index in [0.29, 0.717) is 11.4 Å². The molecule has 6 heteroatoms. The Morgan fingerprint density at radius 1 is 1.30 bits per heavy atom. The Balaban J connectivity index is 2.30. The molecular formula is C14H16N4O2. The SMILES string of the molecule is COc1ccc(N(C)c2cc(C(N)=NO)ccn2)cc1. The van der Waals surface area contributed by atoms with Crippen LogP contribution in [-0.2, 0) is 0 Å². The smallest absolute Gasteiger partial charge is 0.170 e. The van der Waals surface area contributed by atoms with Crippen LogP contribution in [0, 0.1) is 0 Å². The van der Waals surface area contributed by atoms with Crippen molar-refractivity contribution in [1.82, 2.24) is 4.98 Å². The van der Waals surface area contributed by atoms with E-state index < -0.39 is 0 Å². The van der Waals surface area contributed by atoms with Gasteiger partial charge in [0.25, 0.3) is 0 Å². The van der Waals surface area contributed by atoms with Crippen LogP contribution >= 0.6 is 0 Å². The largest absolute Gasteiger partial charge is 0.497 e. The molecule has 20 heavy (non-hydrogen) atoms. The van der Waals surface area contributed by atoms with Gasteiger partial charge in [-0.3, -0.25) is 0 Å². The van der Waals surface area contributed by atoms with E-state index in [1.165, 1.54) is 0 Å². The van der Waals surface area contributed by atoms with Crippen molar-refractivity contribution in [3.63, 3.8) is 0 Å². The summed E-state index contributed by atoms with van der Waals surface area (Å²) >= 11 is 0. The van der Waals surface area contributed by atoms with Gasteiger partial charge in [-0.05, 0) is 36.4 Å². The summed E-state index contributed by atoms with van der Waals surface area (Å²) in [5.74, 6) is 1.54. The predicted molar refractivity (Wildman–Crippen MR) is 77.8 cm³/mol. The number of benzene rings is 1. The molecular weight excluding hydrogens is 256 g/mol. The summed E-state index contributed by atoms with van der Waals surface area (Å²) in [6.07, 6.45) is 1.61. The first kappa shape index (κ1) is 13.7. The van der Waals surface area contributed by atoms with E-state index in [1.807, 2.05) is 36.2 Å². The highest BCUT2D eigenvalue weighted by molar-refractivity contribution is 5.97. The Morgan fingerprint density at radius 3 is 2.60 bits per heavy atom. The molecule has 0 saturated carbocycles. The summed E-state index contributed by atoms with van der Waals surface area (Å²) in [5.41, 5.74) is 7.14. The topological polar surface area (TPSA) is 84.0 Å². The van der Waals surface area contributed by atoms with Gasteiger partial charge in [0.15, 0.2) is 5.84 Å². The summed E-state index contributed by atoms with van der Waals surface area (Å²) < 4.78 is 5.13. The number of pyridine rings is 1. The molecule has 0 unspecified atom stereocenters. The second kappa shape index (κ2) is 5.92. The maximum absolute atomic E-state index is 8.71. The number of aromatic nitrogens is 1. The van der Waals surface area contributed by atoms with E-state index in [-0.39, 0.29) is 5.84 Å². The minimum absolute atomic E-state index is 0.0526. The van der Waals surface area contributed by atoms with Crippen molar-refractivity contribution in [2.45, 2.75) is 0 Å². The van der Waals surface area contributed by atoms with Crippen LogP contribution in [0.1, 0.15) is 5.56 Å². The van der Waals surface area contributed by atoms with E-state index in [0.717, 1.165) is 11.4 Å². The zero-order valence-corrected chi connectivity index (χ0v) is 11.3. The minimum atomic E-state index is 0.0526. The molecule has 0 atom stereocenters. The van der Waals surface area contributed by atoms with Gasteiger partial charge >= 0.3 is 0 Å². The molecule has 0 spiro atoms. The Labute approximate surface area is 117 Å². The number of amidine groups is 1. The third-order valence-corrected chi connectivity index (χ3v) is 2.95. The molecule has 0 aliphatic rings. The van der Waals surface area contributed by atoms with Crippen LogP contribution in [0.2, 0.25) is 0 Å². The lowest BCUT2D eigenvalue weighted by molar-refractivity contribution is 0.318. The number of methoxy groups -OCH3 is 1. The Hall–Kier alpha value is -2.76. The molecule has 104 valence electrons. The maximum atomic E-state index is 8.71. The van der Waals surface area contributed by atoms with Crippen LogP contribution in [-0.4, -0.2) is 30.2 Å². The van der Waals surface area contributed by atoms with Crippen LogP contribution < -0.4 is 15.4 Å². The van der Waals surface area contributed by atoms with E-state index in [9.17, 15) is 0 Å². The van der Waals surface area contributed by atoms with Crippen LogP contribution in [0.5, 0.6) is 5.75 Å². The highest BCUT2D eigenvalue weighted by Crippen LogP contribution is 2.24. The summed E-state index contributed by atoms with van der Waals surface area (Å²) in [5, 5.41) is 11.7. The molecule has 2 rings (SSSR count). The first-order valence-corrected chi connectivity index (χ1v) is 5.97. The number of nitrogens with two attached hydrogens (primary N) is 1. The van der Waals surface area contributed by atoms with Gasteiger partial charge in [-0.25, -0.2) is 4.98 Å². The zero-order chi connectivity index (χ0) is 14.5. The Morgan fingerprint density at radius 2 is 2.00 bits per heavy atom. The zero-order valence-electron chi connectivity index (χ0n) is 11.3. The lowest BCUT2D eigenvalue weighted by atomic mass is 10.2. The van der Waals surface area contributed by atoms with E-state index in [2.05, 4.69) is 10.1 Å². The maximum Gasteiger partial charge on any atom is 0.170 e. The average Bonchev–Trinajstić information content (AvgIpc) is 2.53. The monoisotopic (exact) mass is 272 g/mol. The van der Waals surface area contributed by atoms with Crippen LogP contribution in [0.4, 0.5) is 11.5 Å². The molecule has 1 aromatic carbocycles. The fourth-order valence-corrected chi connectivity index (χ4v) is 1.76. The lowest BCUT2D eigenvalue weighted by Crippen LogP contribution is -2.16. The summed E-state index contributed by atoms with van der Waals surface area (Å²) in [6, 6.07) is 11.0. The number of nitrogens with zero attached hydrogens (tertiary/aromatic N) is 3. The fourth-order valence-electron chi connectivity index (χ4n) is 1.76. The van der Waals surface area contributed by atoms with Gasteiger partial charge in [0, 0.05) is 24.5 Å². The molecule has 1 aromatic heterocycles. The quantitative estimate of drug-likeness (QED) is 0.384. The van der Waals surface area contributed by atoms with Crippen molar-refractivity contribution in [3.8, 4) is 5.75 Å². The van der Waals surface area contributed by atoms with Gasteiger partial charge in [0.1, 0.15) is 11.6 Å². The molecule has 0 saturated heterocycles. The third-order valence-electron chi connectivity index (χ3n) is 2.95. The van der Waals surface area contributed by atoms with Crippen molar-refractivity contribution < 1.29 is 9.94 Å². The molecule has 0 aliphatic carbocycles. The second-order valence-electron chi connectivity index (χ2n) is 4.14. The number of oxime groups is 1. The summed E-state index contributed by atoms with van der Waals surface area (Å²) in [4.78, 5) is 6.17. The minimum Gasteiger partial charge on any atom is -0.497 e. The van der Waals surface area contributed by atoms with Crippen molar-refractivity contribution in [2.24, 2.45) is 10.9 Å². The molecule has 0 aliphatic heterocycles. The van der Waals surface area contributed by atoms with E-state index in [4.69, 9.17) is 15.7 Å². The van der Waals surface area contributed by atoms with Crippen molar-refractivity contribution >= 4 is 17.3 Å². The fraction of sp³-hybridized carbons (Fsp3) is 0.143. The van der Waals surface area contributed by atoms with Gasteiger partial charge in [-0.1, -0.05) is 5.16 Å². The molecule has 0 fully saturated rings. The average molecular weight is 272 g/mol. The molecule has 2 aromatic rings. The number of rotatable bonds is 4. The molecule has 3 N–H and O–H groups in total. The van der Waals surface area contributed by atoms with Crippen LogP contribution in [0.15, 0.2) is 47.8 Å². The van der Waals surface area contributed by atoms with Crippen LogP contribution in [0.25, 0.3) is 0 Å². The predicted octanol–water partition coefficient (Wildman–Crippen LogP) is 1.95. The van der Waals surface area contributed by atoms with Gasteiger partial charge in [-0.15, -0.1) is 0 Å². The number of hydrogen-bond donors (Lipinski definition) is 2. The van der Waals surface area contributed by atoms with Gasteiger partial charge < -0.3 is 20.6 Å². The summed E-state index contributed by atoms with van der Waals surface area (Å²) in [6.45, 7) is 0. The van der Waals surface area contributed by atoms with Crippen molar-refractivity contribution in [3.05, 3.63) is 48.2 Å². The van der Waals surface area contributed by atoms with Gasteiger partial charge in [-0.2, -0.15) is 0 Å². The molecule has 0 amide bonds. The molecule has 1 heterocycles. The number of anilines is 2. The Bertz CT molecular complexity index is 611. The number of hydrogen-bond acceptors (Lipinski definition) is 5. The third kappa shape index (κ3) is 2.80. The molecule has 0 bridgehead atoms. The van der Waals surface area contributed by atoms with E-state index in [1.54, 1.807) is 25.4 Å². The van der Waals surface area contributed by atoms with Crippen molar-refractivity contribution in [2.75, 3.05) is 19.1 Å². The first-order chi connectivity index (χ1) is 9.65. The number of ether oxygens (including phenoxy) is 1. The van der Waals surface area contributed by atoms with E-state index >= 15 is 0 Å². The Kier molecular flexibility index (Phi) is 4.05. The standard InChI is InChI=1S/C14H16N4O2/c1-18(11-3-5-12(20-2)6-4-11)13-9-10(7-8-16-13)14(15)17-19/h3-9,19H,1-2H3,(H2,15,17). The van der Waals surface area contributed by atoms with Crippen molar-refractivity contribution in [1.29, 1.82) is 0 Å². The first-order valence-electron chi connectivity index (χ1n) is 5.97. The van der Waals surface area contributed by atoms with Crippen LogP contribution in [0.3, 0.4) is 0 Å². The second-order valence-corrected chi connectivity index (χ2v) is 4.14. The van der Waals surface area contributed by atoms with Gasteiger partial charge in [0.05, 0.1) is 7.11 Å². The molecule has 6 nitrogen and oxygen atoms in total.